The first-order chi connectivity index (χ1) is 11.4. The molecule has 0 radical (unpaired) electrons. The Morgan fingerprint density at radius 2 is 2.25 bits per heavy atom. The molecule has 1 aliphatic heterocycles. The molecule has 0 aliphatic carbocycles. The zero-order valence-electron chi connectivity index (χ0n) is 13.4. The number of nitrogens with one attached hydrogen (secondary N) is 1. The van der Waals surface area contributed by atoms with E-state index < -0.39 is 24.1 Å². The first-order valence-electron chi connectivity index (χ1n) is 7.79. The average Bonchev–Trinajstić information content (AvgIpc) is 2.86. The maximum atomic E-state index is 14.2. The fraction of sp³-hybridized carbons (Fsp3) is 0.533. The zero-order chi connectivity index (χ0) is 17.4. The summed E-state index contributed by atoms with van der Waals surface area (Å²) in [6.07, 6.45) is -0.819. The second kappa shape index (κ2) is 6.21. The quantitative estimate of drug-likeness (QED) is 0.898. The van der Waals surface area contributed by atoms with Crippen LogP contribution < -0.4 is 5.32 Å². The molecule has 24 heavy (non-hydrogen) atoms. The third-order valence-electron chi connectivity index (χ3n) is 4.21. The summed E-state index contributed by atoms with van der Waals surface area (Å²) < 4.78 is 29.5. The minimum Gasteiger partial charge on any atom is -0.465 e. The Morgan fingerprint density at radius 3 is 2.88 bits per heavy atom. The zero-order valence-corrected chi connectivity index (χ0v) is 13.4. The first kappa shape index (κ1) is 16.4. The van der Waals surface area contributed by atoms with Gasteiger partial charge in [-0.15, -0.1) is 5.10 Å². The predicted octanol–water partition coefficient (Wildman–Crippen LogP) is 2.49. The van der Waals surface area contributed by atoms with Crippen LogP contribution in [0.2, 0.25) is 0 Å². The van der Waals surface area contributed by atoms with Gasteiger partial charge in [0.1, 0.15) is 11.7 Å². The van der Waals surface area contributed by atoms with Crippen LogP contribution in [0.1, 0.15) is 31.9 Å². The number of likely N-dealkylation sites (tertiary alicyclic amines) is 1. The molecule has 3 heterocycles. The normalized spacial score (nSPS) is 21.5. The van der Waals surface area contributed by atoms with Crippen molar-refractivity contribution in [2.75, 3.05) is 18.4 Å². The number of rotatable bonds is 3. The van der Waals surface area contributed by atoms with E-state index in [0.29, 0.717) is 12.1 Å². The Balaban J connectivity index is 1.81. The second-order valence-electron chi connectivity index (χ2n) is 6.23. The van der Waals surface area contributed by atoms with Crippen LogP contribution in [0.4, 0.5) is 19.5 Å². The Hall–Kier alpha value is -2.45. The van der Waals surface area contributed by atoms with Crippen LogP contribution in [0, 0.1) is 5.82 Å². The molecule has 3 rings (SSSR count). The lowest BCUT2D eigenvalue weighted by Crippen LogP contribution is -2.49. The monoisotopic (exact) mass is 339 g/mol. The van der Waals surface area contributed by atoms with Crippen molar-refractivity contribution in [3.05, 3.63) is 23.8 Å². The number of carboxylic acid groups (broad SMARTS) is 1. The Kier molecular flexibility index (Phi) is 4.25. The van der Waals surface area contributed by atoms with Crippen molar-refractivity contribution in [3.8, 4) is 0 Å². The van der Waals surface area contributed by atoms with Crippen LogP contribution >= 0.6 is 0 Å². The molecule has 0 bridgehead atoms. The van der Waals surface area contributed by atoms with Gasteiger partial charge in [0, 0.05) is 12.2 Å². The van der Waals surface area contributed by atoms with Crippen molar-refractivity contribution in [1.29, 1.82) is 0 Å². The van der Waals surface area contributed by atoms with Gasteiger partial charge in [-0.1, -0.05) is 13.8 Å². The summed E-state index contributed by atoms with van der Waals surface area (Å²) in [4.78, 5) is 16.0. The first-order valence-corrected chi connectivity index (χ1v) is 7.79. The van der Waals surface area contributed by atoms with Crippen LogP contribution in [-0.4, -0.2) is 56.0 Å². The smallest absolute Gasteiger partial charge is 0.407 e. The van der Waals surface area contributed by atoms with Gasteiger partial charge in [0.2, 0.25) is 5.95 Å². The molecule has 0 unspecified atom stereocenters. The van der Waals surface area contributed by atoms with Gasteiger partial charge in [-0.25, -0.2) is 23.1 Å². The van der Waals surface area contributed by atoms with Gasteiger partial charge in [0.05, 0.1) is 18.8 Å². The van der Waals surface area contributed by atoms with Crippen molar-refractivity contribution < 1.29 is 18.7 Å². The summed E-state index contributed by atoms with van der Waals surface area (Å²) in [5.74, 6) is -0.141. The minimum atomic E-state index is -1.36. The lowest BCUT2D eigenvalue weighted by atomic mass is 10.0. The minimum absolute atomic E-state index is 0.0671. The van der Waals surface area contributed by atoms with Gasteiger partial charge in [0.15, 0.2) is 5.82 Å². The van der Waals surface area contributed by atoms with E-state index in [1.807, 2.05) is 13.8 Å². The van der Waals surface area contributed by atoms with E-state index in [9.17, 15) is 13.6 Å². The number of halogens is 2. The molecule has 0 spiro atoms. The van der Waals surface area contributed by atoms with Gasteiger partial charge in [-0.05, 0) is 18.4 Å². The molecule has 2 atom stereocenters. The molecular weight excluding hydrogens is 320 g/mol. The number of nitrogens with zero attached hydrogens (tertiary/aromatic N) is 4. The van der Waals surface area contributed by atoms with Gasteiger partial charge in [-0.2, -0.15) is 0 Å². The maximum Gasteiger partial charge on any atom is 0.407 e. The molecule has 0 saturated carbocycles. The van der Waals surface area contributed by atoms with Crippen molar-refractivity contribution in [2.45, 2.75) is 38.4 Å². The van der Waals surface area contributed by atoms with Gasteiger partial charge in [-0.3, -0.25) is 0 Å². The van der Waals surface area contributed by atoms with Crippen molar-refractivity contribution in [1.82, 2.24) is 19.5 Å². The molecule has 1 saturated heterocycles. The van der Waals surface area contributed by atoms with E-state index in [-0.39, 0.29) is 30.5 Å². The molecule has 2 N–H and O–H groups in total. The number of anilines is 1. The summed E-state index contributed by atoms with van der Waals surface area (Å²) in [5.41, 5.74) is 0.965. The highest BCUT2D eigenvalue weighted by atomic mass is 19.1. The van der Waals surface area contributed by atoms with Crippen LogP contribution in [0.5, 0.6) is 0 Å². The molecule has 1 aliphatic rings. The van der Waals surface area contributed by atoms with E-state index in [0.717, 1.165) is 4.90 Å². The Morgan fingerprint density at radius 1 is 1.50 bits per heavy atom. The largest absolute Gasteiger partial charge is 0.465 e. The standard InChI is InChI=1S/C15H19F2N5O2/c1-8(2)12-5-9(16)13-6-18-14(20-22(12)13)19-11-3-4-21(15(23)24)7-10(11)17/h5-6,8,10-11H,3-4,7H2,1-2H3,(H,19,20)(H,23,24)/t10-,11-/m1/s1. The van der Waals surface area contributed by atoms with E-state index in [1.54, 1.807) is 0 Å². The molecule has 2 aromatic heterocycles. The molecule has 1 amide bonds. The van der Waals surface area contributed by atoms with Crippen LogP contribution in [-0.2, 0) is 0 Å². The van der Waals surface area contributed by atoms with Crippen molar-refractivity contribution >= 4 is 17.6 Å². The molecule has 0 aromatic carbocycles. The fourth-order valence-electron chi connectivity index (χ4n) is 2.86. The molecule has 1 fully saturated rings. The lowest BCUT2D eigenvalue weighted by molar-refractivity contribution is 0.101. The SMILES string of the molecule is CC(C)c1cc(F)c2cnc(N[C@@H]3CCN(C(=O)O)C[C@H]3F)nn12. The average molecular weight is 339 g/mol. The van der Waals surface area contributed by atoms with Crippen LogP contribution in [0.3, 0.4) is 0 Å². The van der Waals surface area contributed by atoms with E-state index >= 15 is 0 Å². The van der Waals surface area contributed by atoms with Gasteiger partial charge >= 0.3 is 6.09 Å². The number of amides is 1. The Bertz CT molecular complexity index is 764. The third-order valence-corrected chi connectivity index (χ3v) is 4.21. The van der Waals surface area contributed by atoms with E-state index in [2.05, 4.69) is 15.4 Å². The highest BCUT2D eigenvalue weighted by Crippen LogP contribution is 2.22. The van der Waals surface area contributed by atoms with Crippen molar-refractivity contribution in [3.63, 3.8) is 0 Å². The van der Waals surface area contributed by atoms with Crippen molar-refractivity contribution in [2.24, 2.45) is 0 Å². The number of hydrogen-bond acceptors (Lipinski definition) is 4. The Labute approximate surface area is 137 Å². The number of alkyl halides is 1. The highest BCUT2D eigenvalue weighted by Gasteiger charge is 2.32. The highest BCUT2D eigenvalue weighted by molar-refractivity contribution is 5.65. The summed E-state index contributed by atoms with van der Waals surface area (Å²) in [6, 6.07) is 0.836. The fourth-order valence-corrected chi connectivity index (χ4v) is 2.86. The number of piperidine rings is 1. The summed E-state index contributed by atoms with van der Waals surface area (Å²) >= 11 is 0. The molecule has 9 heteroatoms. The number of hydrogen-bond donors (Lipinski definition) is 2. The van der Waals surface area contributed by atoms with E-state index in [1.165, 1.54) is 16.8 Å². The second-order valence-corrected chi connectivity index (χ2v) is 6.23. The van der Waals surface area contributed by atoms with Crippen LogP contribution in [0.15, 0.2) is 12.3 Å². The molecular formula is C15H19F2N5O2. The lowest BCUT2D eigenvalue weighted by Gasteiger charge is -2.33. The summed E-state index contributed by atoms with van der Waals surface area (Å²) in [6.45, 7) is 3.90. The van der Waals surface area contributed by atoms with Gasteiger partial charge < -0.3 is 15.3 Å². The molecule has 7 nitrogen and oxygen atoms in total. The number of fused-ring (bicyclic) bond motifs is 1. The number of carbonyl (C=O) groups is 1. The topological polar surface area (TPSA) is 82.8 Å². The maximum absolute atomic E-state index is 14.2. The predicted molar refractivity (Wildman–Crippen MR) is 83.6 cm³/mol. The third kappa shape index (κ3) is 2.98. The van der Waals surface area contributed by atoms with Gasteiger partial charge in [0.25, 0.3) is 0 Å². The molecule has 130 valence electrons. The van der Waals surface area contributed by atoms with Crippen LogP contribution in [0.25, 0.3) is 5.52 Å². The summed E-state index contributed by atoms with van der Waals surface area (Å²) in [5, 5.41) is 16.1. The summed E-state index contributed by atoms with van der Waals surface area (Å²) in [7, 11) is 0. The molecule has 2 aromatic rings. The van der Waals surface area contributed by atoms with E-state index in [4.69, 9.17) is 5.11 Å². The number of aromatic nitrogens is 3.